The van der Waals surface area contributed by atoms with E-state index in [-0.39, 0.29) is 42.6 Å². The Morgan fingerprint density at radius 2 is 1.79 bits per heavy atom. The van der Waals surface area contributed by atoms with Crippen molar-refractivity contribution >= 4 is 17.5 Å². The van der Waals surface area contributed by atoms with Crippen molar-refractivity contribution in [1.82, 2.24) is 25.1 Å². The molecule has 4 fully saturated rings. The van der Waals surface area contributed by atoms with Crippen LogP contribution in [0, 0.1) is 5.82 Å². The fraction of sp³-hybridized carbons (Fsp3) is 0.696. The second-order valence-corrected chi connectivity index (χ2v) is 10.2. The molecule has 3 N–H and O–H groups in total. The lowest BCUT2D eigenvalue weighted by molar-refractivity contribution is -0.0876. The fourth-order valence-corrected chi connectivity index (χ4v) is 5.49. The molecule has 2 aromatic rings. The molecule has 0 radical (unpaired) electrons. The van der Waals surface area contributed by atoms with E-state index in [4.69, 9.17) is 0 Å². The van der Waals surface area contributed by atoms with Crippen LogP contribution in [0.5, 0.6) is 0 Å². The van der Waals surface area contributed by atoms with Crippen molar-refractivity contribution in [1.29, 1.82) is 0 Å². The Hall–Kier alpha value is -2.40. The van der Waals surface area contributed by atoms with Crippen molar-refractivity contribution in [2.45, 2.75) is 74.8 Å². The average Bonchev–Trinajstić information content (AvgIpc) is 3.40. The van der Waals surface area contributed by atoms with Crippen LogP contribution in [0.4, 0.5) is 30.6 Å². The van der Waals surface area contributed by atoms with Crippen LogP contribution in [-0.2, 0) is 0 Å². The maximum Gasteiger partial charge on any atom is 0.249 e. The Bertz CT molecular complexity index is 1040. The van der Waals surface area contributed by atoms with Crippen LogP contribution in [0.1, 0.15) is 68.3 Å². The van der Waals surface area contributed by atoms with Crippen LogP contribution < -0.4 is 10.2 Å². The van der Waals surface area contributed by atoms with E-state index < -0.39 is 11.7 Å². The predicted molar refractivity (Wildman–Crippen MR) is 120 cm³/mol. The van der Waals surface area contributed by atoms with Crippen LogP contribution in [-0.4, -0.2) is 74.4 Å². The third-order valence-electron chi connectivity index (χ3n) is 7.69. The van der Waals surface area contributed by atoms with Crippen LogP contribution in [0.25, 0.3) is 0 Å². The number of hydrogen-bond donors (Lipinski definition) is 3. The molecule has 4 aliphatic rings. The number of rotatable bonds is 6. The van der Waals surface area contributed by atoms with Gasteiger partial charge < -0.3 is 15.3 Å². The van der Waals surface area contributed by atoms with Crippen molar-refractivity contribution in [3.05, 3.63) is 23.4 Å². The van der Waals surface area contributed by atoms with Gasteiger partial charge in [-0.2, -0.15) is 9.49 Å². The molecule has 34 heavy (non-hydrogen) atoms. The van der Waals surface area contributed by atoms with E-state index in [2.05, 4.69) is 30.4 Å². The zero-order chi connectivity index (χ0) is 23.4. The minimum atomic E-state index is -2.62. The van der Waals surface area contributed by atoms with Gasteiger partial charge in [-0.25, -0.2) is 18.7 Å². The highest BCUT2D eigenvalue weighted by atomic mass is 19.3. The SMILES string of the molecule is OC1CCCC1N1CCN(c2nc(C3CC3)nc(Nc3cc(C4CC(F)(F)C4)[nH]n3)c2F)CC1. The number of hydrogen-bond acceptors (Lipinski definition) is 7. The number of nitrogens with one attached hydrogen (secondary N) is 2. The maximum absolute atomic E-state index is 15.6. The van der Waals surface area contributed by atoms with Gasteiger partial charge in [-0.15, -0.1) is 0 Å². The van der Waals surface area contributed by atoms with Gasteiger partial charge in [0.15, 0.2) is 17.5 Å². The normalized spacial score (nSPS) is 27.7. The van der Waals surface area contributed by atoms with Crippen molar-refractivity contribution < 1.29 is 18.3 Å². The molecule has 8 nitrogen and oxygen atoms in total. The summed E-state index contributed by atoms with van der Waals surface area (Å²) in [6, 6.07) is 1.85. The molecule has 1 aliphatic heterocycles. The first-order chi connectivity index (χ1) is 16.4. The molecular weight excluding hydrogens is 447 g/mol. The Labute approximate surface area is 196 Å². The number of piperazine rings is 1. The second-order valence-electron chi connectivity index (χ2n) is 10.2. The third-order valence-corrected chi connectivity index (χ3v) is 7.69. The molecular formula is C23H30F3N7O. The highest BCUT2D eigenvalue weighted by Crippen LogP contribution is 2.48. The lowest BCUT2D eigenvalue weighted by Gasteiger charge is -2.39. The monoisotopic (exact) mass is 477 g/mol. The molecule has 0 aromatic carbocycles. The molecule has 3 saturated carbocycles. The van der Waals surface area contributed by atoms with Gasteiger partial charge in [-0.1, -0.05) is 0 Å². The summed E-state index contributed by atoms with van der Waals surface area (Å²) in [7, 11) is 0. The van der Waals surface area contributed by atoms with Gasteiger partial charge in [0, 0.05) is 68.7 Å². The number of H-pyrrole nitrogens is 1. The number of halogens is 3. The molecule has 6 rings (SSSR count). The summed E-state index contributed by atoms with van der Waals surface area (Å²) in [4.78, 5) is 13.3. The zero-order valence-electron chi connectivity index (χ0n) is 19.0. The van der Waals surface area contributed by atoms with Gasteiger partial charge in [-0.3, -0.25) is 10.00 Å². The summed E-state index contributed by atoms with van der Waals surface area (Å²) >= 11 is 0. The van der Waals surface area contributed by atoms with Crippen molar-refractivity contribution in [3.8, 4) is 0 Å². The van der Waals surface area contributed by atoms with E-state index in [0.29, 0.717) is 36.2 Å². The van der Waals surface area contributed by atoms with E-state index in [1.54, 1.807) is 6.07 Å². The van der Waals surface area contributed by atoms with Gasteiger partial charge in [0.2, 0.25) is 11.7 Å². The summed E-state index contributed by atoms with van der Waals surface area (Å²) in [6.45, 7) is 2.76. The molecule has 0 amide bonds. The Morgan fingerprint density at radius 1 is 1.03 bits per heavy atom. The first-order valence-corrected chi connectivity index (χ1v) is 12.3. The number of aromatic nitrogens is 4. The Morgan fingerprint density at radius 3 is 2.44 bits per heavy atom. The third kappa shape index (κ3) is 4.24. The molecule has 184 valence electrons. The van der Waals surface area contributed by atoms with Crippen LogP contribution in [0.15, 0.2) is 6.07 Å². The molecule has 3 heterocycles. The molecule has 3 aliphatic carbocycles. The van der Waals surface area contributed by atoms with Crippen LogP contribution in [0.3, 0.4) is 0 Å². The van der Waals surface area contributed by atoms with E-state index in [9.17, 15) is 13.9 Å². The minimum Gasteiger partial charge on any atom is -0.391 e. The van der Waals surface area contributed by atoms with Crippen LogP contribution >= 0.6 is 0 Å². The van der Waals surface area contributed by atoms with Gasteiger partial charge in [0.25, 0.3) is 0 Å². The second kappa shape index (κ2) is 8.37. The highest BCUT2D eigenvalue weighted by molar-refractivity contribution is 5.59. The summed E-state index contributed by atoms with van der Waals surface area (Å²) < 4.78 is 42.0. The summed E-state index contributed by atoms with van der Waals surface area (Å²) in [5, 5.41) is 20.1. The zero-order valence-corrected chi connectivity index (χ0v) is 19.0. The van der Waals surface area contributed by atoms with E-state index in [1.807, 2.05) is 4.90 Å². The summed E-state index contributed by atoms with van der Waals surface area (Å²) in [5.74, 6) is -1.83. The Kier molecular flexibility index (Phi) is 5.44. The molecule has 0 spiro atoms. The first-order valence-electron chi connectivity index (χ1n) is 12.3. The summed E-state index contributed by atoms with van der Waals surface area (Å²) in [6.07, 6.45) is 4.21. The smallest absolute Gasteiger partial charge is 0.249 e. The number of aromatic amines is 1. The minimum absolute atomic E-state index is 0.0672. The molecule has 1 saturated heterocycles. The van der Waals surface area contributed by atoms with Gasteiger partial charge in [0.05, 0.1) is 6.10 Å². The lowest BCUT2D eigenvalue weighted by atomic mass is 9.79. The average molecular weight is 478 g/mol. The standard InChI is InChI=1S/C23H30F3N7O/c24-19-21(27-18-10-15(30-31-18)14-11-23(25,26)12-14)28-20(13-4-5-13)29-22(19)33-8-6-32(7-9-33)16-2-1-3-17(16)34/h10,13-14,16-17,34H,1-9,11-12H2,(H2,27,28,29,30,31). The Balaban J connectivity index is 1.19. The topological polar surface area (TPSA) is 93.2 Å². The first kappa shape index (κ1) is 22.1. The molecule has 2 aromatic heterocycles. The molecule has 2 unspecified atom stereocenters. The van der Waals surface area contributed by atoms with E-state index in [1.165, 1.54) is 0 Å². The number of aliphatic hydroxyl groups is 1. The van der Waals surface area contributed by atoms with Crippen molar-refractivity contribution in [2.24, 2.45) is 0 Å². The number of aliphatic hydroxyl groups excluding tert-OH is 1. The largest absolute Gasteiger partial charge is 0.391 e. The molecule has 0 bridgehead atoms. The van der Waals surface area contributed by atoms with Crippen LogP contribution in [0.2, 0.25) is 0 Å². The van der Waals surface area contributed by atoms with E-state index >= 15 is 4.39 Å². The van der Waals surface area contributed by atoms with Gasteiger partial charge in [-0.05, 0) is 32.1 Å². The number of nitrogens with zero attached hydrogens (tertiary/aromatic N) is 5. The highest BCUT2D eigenvalue weighted by Gasteiger charge is 2.46. The number of anilines is 3. The van der Waals surface area contributed by atoms with Crippen molar-refractivity contribution in [2.75, 3.05) is 36.4 Å². The maximum atomic E-state index is 15.6. The van der Waals surface area contributed by atoms with Crippen molar-refractivity contribution in [3.63, 3.8) is 0 Å². The fourth-order valence-electron chi connectivity index (χ4n) is 5.49. The summed E-state index contributed by atoms with van der Waals surface area (Å²) in [5.41, 5.74) is 0.621. The number of alkyl halides is 2. The van der Waals surface area contributed by atoms with Gasteiger partial charge >= 0.3 is 0 Å². The predicted octanol–water partition coefficient (Wildman–Crippen LogP) is 3.51. The van der Waals surface area contributed by atoms with Gasteiger partial charge in [0.1, 0.15) is 5.82 Å². The lowest BCUT2D eigenvalue weighted by Crippen LogP contribution is -2.52. The quantitative estimate of drug-likeness (QED) is 0.586. The molecule has 2 atom stereocenters. The molecule has 11 heteroatoms. The van der Waals surface area contributed by atoms with E-state index in [0.717, 1.165) is 45.2 Å².